The lowest BCUT2D eigenvalue weighted by Crippen LogP contribution is -2.40. The molecule has 1 aliphatic rings. The van der Waals surface area contributed by atoms with Crippen LogP contribution in [-0.2, 0) is 0 Å². The van der Waals surface area contributed by atoms with Gasteiger partial charge in [-0.05, 0) is 62.2 Å². The van der Waals surface area contributed by atoms with Crippen molar-refractivity contribution in [1.82, 2.24) is 15.5 Å². The van der Waals surface area contributed by atoms with Gasteiger partial charge in [-0.25, -0.2) is 0 Å². The van der Waals surface area contributed by atoms with Gasteiger partial charge in [-0.3, -0.25) is 4.99 Å². The Bertz CT molecular complexity index is 727. The summed E-state index contributed by atoms with van der Waals surface area (Å²) >= 11 is 1.65. The molecule has 0 saturated carbocycles. The van der Waals surface area contributed by atoms with E-state index in [4.69, 9.17) is 0 Å². The first kappa shape index (κ1) is 21.1. The molecular weight excluding hydrogens is 368 g/mol. The standard InChI is InChI=1S/C22H34N4OS/c1-17-8-7-13-26(16-17)12-6-5-11-24-22(23-2)25-15-19(27)21-14-18-9-3-4-10-20(18)28-21/h3-4,9-10,14,17,19,27H,5-8,11-13,15-16H2,1-2H3,(H2,23,24,25). The van der Waals surface area contributed by atoms with E-state index in [1.807, 2.05) is 12.1 Å². The average Bonchev–Trinajstić information content (AvgIpc) is 3.14. The van der Waals surface area contributed by atoms with Gasteiger partial charge in [-0.15, -0.1) is 11.3 Å². The maximum Gasteiger partial charge on any atom is 0.191 e. The molecule has 0 radical (unpaired) electrons. The van der Waals surface area contributed by atoms with Crippen LogP contribution in [0.4, 0.5) is 0 Å². The Hall–Kier alpha value is -1.63. The van der Waals surface area contributed by atoms with Crippen LogP contribution in [0, 0.1) is 5.92 Å². The third kappa shape index (κ3) is 6.19. The van der Waals surface area contributed by atoms with Crippen LogP contribution in [-0.4, -0.2) is 55.7 Å². The zero-order chi connectivity index (χ0) is 19.8. The molecule has 0 amide bonds. The number of nitrogens with zero attached hydrogens (tertiary/aromatic N) is 2. The molecule has 3 rings (SSSR count). The van der Waals surface area contributed by atoms with Gasteiger partial charge < -0.3 is 20.6 Å². The largest absolute Gasteiger partial charge is 0.386 e. The first-order chi connectivity index (χ1) is 13.7. The third-order valence-corrected chi connectivity index (χ3v) is 6.61. The average molecular weight is 403 g/mol. The van der Waals surface area contributed by atoms with Crippen LogP contribution < -0.4 is 10.6 Å². The van der Waals surface area contributed by atoms with E-state index in [2.05, 4.69) is 45.6 Å². The second-order valence-corrected chi connectivity index (χ2v) is 8.95. The molecule has 0 bridgehead atoms. The Labute approximate surface area is 172 Å². The van der Waals surface area contributed by atoms with E-state index >= 15 is 0 Å². The Morgan fingerprint density at radius 3 is 2.96 bits per heavy atom. The lowest BCUT2D eigenvalue weighted by Gasteiger charge is -2.30. The summed E-state index contributed by atoms with van der Waals surface area (Å²) in [6, 6.07) is 10.3. The van der Waals surface area contributed by atoms with Crippen LogP contribution in [0.3, 0.4) is 0 Å². The maximum absolute atomic E-state index is 10.5. The van der Waals surface area contributed by atoms with Gasteiger partial charge >= 0.3 is 0 Å². The molecule has 1 aromatic carbocycles. The Balaban J connectivity index is 1.34. The summed E-state index contributed by atoms with van der Waals surface area (Å²) in [6.45, 7) is 7.43. The SMILES string of the molecule is CN=C(NCCCCN1CCCC(C)C1)NCC(O)c1cc2ccccc2s1. The first-order valence-electron chi connectivity index (χ1n) is 10.5. The molecule has 154 valence electrons. The Kier molecular flexibility index (Phi) is 8.13. The van der Waals surface area contributed by atoms with Gasteiger partial charge in [0.05, 0.1) is 0 Å². The quantitative estimate of drug-likeness (QED) is 0.359. The van der Waals surface area contributed by atoms with Crippen LogP contribution in [0.1, 0.15) is 43.6 Å². The second-order valence-electron chi connectivity index (χ2n) is 7.84. The van der Waals surface area contributed by atoms with Crippen LogP contribution in [0.5, 0.6) is 0 Å². The number of piperidine rings is 1. The molecule has 2 unspecified atom stereocenters. The van der Waals surface area contributed by atoms with E-state index in [1.165, 1.54) is 49.0 Å². The number of unbranched alkanes of at least 4 members (excludes halogenated alkanes) is 1. The van der Waals surface area contributed by atoms with E-state index in [9.17, 15) is 5.11 Å². The summed E-state index contributed by atoms with van der Waals surface area (Å²) < 4.78 is 1.21. The Morgan fingerprint density at radius 2 is 2.18 bits per heavy atom. The zero-order valence-corrected chi connectivity index (χ0v) is 18.0. The van der Waals surface area contributed by atoms with Gasteiger partial charge in [-0.1, -0.05) is 25.1 Å². The summed E-state index contributed by atoms with van der Waals surface area (Å²) in [5.41, 5.74) is 0. The summed E-state index contributed by atoms with van der Waals surface area (Å²) in [5, 5.41) is 18.3. The summed E-state index contributed by atoms with van der Waals surface area (Å²) in [5.74, 6) is 1.61. The predicted molar refractivity (Wildman–Crippen MR) is 120 cm³/mol. The smallest absolute Gasteiger partial charge is 0.191 e. The molecule has 28 heavy (non-hydrogen) atoms. The van der Waals surface area contributed by atoms with E-state index in [1.54, 1.807) is 18.4 Å². The number of thiophene rings is 1. The molecule has 3 N–H and O–H groups in total. The van der Waals surface area contributed by atoms with Gasteiger partial charge in [0.2, 0.25) is 0 Å². The molecule has 1 saturated heterocycles. The molecule has 5 nitrogen and oxygen atoms in total. The number of aliphatic hydroxyl groups excluding tert-OH is 1. The van der Waals surface area contributed by atoms with Crippen LogP contribution in [0.15, 0.2) is 35.3 Å². The number of hydrogen-bond donors (Lipinski definition) is 3. The summed E-state index contributed by atoms with van der Waals surface area (Å²) in [6.07, 6.45) is 4.54. The highest BCUT2D eigenvalue weighted by Crippen LogP contribution is 2.29. The number of aliphatic imine (C=N–C) groups is 1. The van der Waals surface area contributed by atoms with Gasteiger partial charge in [0.15, 0.2) is 5.96 Å². The lowest BCUT2D eigenvalue weighted by atomic mass is 10.0. The molecular formula is C22H34N4OS. The number of likely N-dealkylation sites (tertiary alicyclic amines) is 1. The number of benzene rings is 1. The highest BCUT2D eigenvalue weighted by Gasteiger charge is 2.15. The van der Waals surface area contributed by atoms with E-state index in [-0.39, 0.29) is 0 Å². The fourth-order valence-electron chi connectivity index (χ4n) is 3.84. The number of fused-ring (bicyclic) bond motifs is 1. The van der Waals surface area contributed by atoms with Crippen molar-refractivity contribution in [3.8, 4) is 0 Å². The number of hydrogen-bond acceptors (Lipinski definition) is 4. The predicted octanol–water partition coefficient (Wildman–Crippen LogP) is 3.61. The van der Waals surface area contributed by atoms with Crippen LogP contribution in [0.2, 0.25) is 0 Å². The van der Waals surface area contributed by atoms with E-state index in [0.29, 0.717) is 6.54 Å². The highest BCUT2D eigenvalue weighted by atomic mass is 32.1. The van der Waals surface area contributed by atoms with Crippen molar-refractivity contribution >= 4 is 27.4 Å². The molecule has 1 aromatic heterocycles. The third-order valence-electron chi connectivity index (χ3n) is 5.39. The molecule has 0 spiro atoms. The minimum absolute atomic E-state index is 0.457. The van der Waals surface area contributed by atoms with Crippen LogP contribution in [0.25, 0.3) is 10.1 Å². The minimum atomic E-state index is -0.531. The van der Waals surface area contributed by atoms with Crippen molar-refractivity contribution in [2.45, 2.75) is 38.7 Å². The lowest BCUT2D eigenvalue weighted by molar-refractivity contribution is 0.181. The topological polar surface area (TPSA) is 59.9 Å². The number of guanidine groups is 1. The van der Waals surface area contributed by atoms with Crippen molar-refractivity contribution in [2.75, 3.05) is 39.8 Å². The number of rotatable bonds is 8. The normalized spacial score (nSPS) is 19.7. The van der Waals surface area contributed by atoms with Gasteiger partial charge in [0.1, 0.15) is 6.10 Å². The minimum Gasteiger partial charge on any atom is -0.386 e. The van der Waals surface area contributed by atoms with Gasteiger partial charge in [-0.2, -0.15) is 0 Å². The zero-order valence-electron chi connectivity index (χ0n) is 17.2. The highest BCUT2D eigenvalue weighted by molar-refractivity contribution is 7.19. The van der Waals surface area contributed by atoms with Crippen LogP contribution >= 0.6 is 11.3 Å². The summed E-state index contributed by atoms with van der Waals surface area (Å²) in [4.78, 5) is 7.86. The molecule has 1 aliphatic heterocycles. The molecule has 2 atom stereocenters. The fourth-order valence-corrected chi connectivity index (χ4v) is 4.89. The first-order valence-corrected chi connectivity index (χ1v) is 11.3. The second kappa shape index (κ2) is 10.8. The Morgan fingerprint density at radius 1 is 1.32 bits per heavy atom. The van der Waals surface area contributed by atoms with Crippen molar-refractivity contribution in [3.05, 3.63) is 35.2 Å². The number of aliphatic hydroxyl groups is 1. The van der Waals surface area contributed by atoms with Crippen molar-refractivity contribution in [2.24, 2.45) is 10.9 Å². The van der Waals surface area contributed by atoms with Gasteiger partial charge in [0, 0.05) is 36.3 Å². The monoisotopic (exact) mass is 402 g/mol. The van der Waals surface area contributed by atoms with Crippen molar-refractivity contribution < 1.29 is 5.11 Å². The van der Waals surface area contributed by atoms with E-state index in [0.717, 1.165) is 29.7 Å². The maximum atomic E-state index is 10.5. The molecule has 1 fully saturated rings. The number of nitrogens with one attached hydrogen (secondary N) is 2. The van der Waals surface area contributed by atoms with Crippen molar-refractivity contribution in [1.29, 1.82) is 0 Å². The van der Waals surface area contributed by atoms with Gasteiger partial charge in [0.25, 0.3) is 0 Å². The molecule has 0 aliphatic carbocycles. The van der Waals surface area contributed by atoms with Crippen molar-refractivity contribution in [3.63, 3.8) is 0 Å². The molecule has 2 aromatic rings. The molecule has 2 heterocycles. The fraction of sp³-hybridized carbons (Fsp3) is 0.591. The summed E-state index contributed by atoms with van der Waals surface area (Å²) in [7, 11) is 1.77. The van der Waals surface area contributed by atoms with E-state index < -0.39 is 6.10 Å². The molecule has 6 heteroatoms.